The second-order valence-electron chi connectivity index (χ2n) is 5.49. The molecule has 2 N–H and O–H groups in total. The number of nitrogens with zero attached hydrogens (tertiary/aromatic N) is 1. The van der Waals surface area contributed by atoms with Gasteiger partial charge in [-0.3, -0.25) is 0 Å². The van der Waals surface area contributed by atoms with Crippen molar-refractivity contribution in [2.45, 2.75) is 13.2 Å². The molecule has 0 saturated carbocycles. The molecule has 1 aliphatic rings. The normalized spacial score (nSPS) is 13.2. The van der Waals surface area contributed by atoms with Crippen LogP contribution < -0.4 is 15.7 Å². The van der Waals surface area contributed by atoms with Gasteiger partial charge in [0.15, 0.2) is 0 Å². The van der Waals surface area contributed by atoms with Crippen LogP contribution >= 0.6 is 0 Å². The third kappa shape index (κ3) is 3.04. The van der Waals surface area contributed by atoms with Crippen LogP contribution in [0.15, 0.2) is 42.5 Å². The average Bonchev–Trinajstić information content (AvgIpc) is 2.87. The lowest BCUT2D eigenvalue weighted by Gasteiger charge is -2.13. The predicted octanol–water partition coefficient (Wildman–Crippen LogP) is 1.58. The van der Waals surface area contributed by atoms with E-state index >= 15 is 0 Å². The zero-order valence-electron chi connectivity index (χ0n) is 12.3. The minimum absolute atomic E-state index is 0.489. The molecule has 1 heterocycles. The van der Waals surface area contributed by atoms with Gasteiger partial charge in [-0.1, -0.05) is 18.2 Å². The Morgan fingerprint density at radius 2 is 1.95 bits per heavy atom. The summed E-state index contributed by atoms with van der Waals surface area (Å²) in [4.78, 5) is 2.08. The molecule has 21 heavy (non-hydrogen) atoms. The second kappa shape index (κ2) is 5.80. The minimum atomic E-state index is -0.791. The molecule has 0 aromatic heterocycles. The van der Waals surface area contributed by atoms with Gasteiger partial charge in [0.1, 0.15) is 0 Å². The highest BCUT2D eigenvalue weighted by Crippen LogP contribution is 2.16. The number of rotatable bonds is 4. The van der Waals surface area contributed by atoms with Gasteiger partial charge in [-0.25, -0.2) is 0 Å². The lowest BCUT2D eigenvalue weighted by molar-refractivity contribution is 0.275. The topological polar surface area (TPSA) is 44.7 Å². The van der Waals surface area contributed by atoms with Gasteiger partial charge in [0, 0.05) is 32.0 Å². The third-order valence-corrected chi connectivity index (χ3v) is 3.76. The average molecular weight is 282 g/mol. The Balaban J connectivity index is 1.66. The van der Waals surface area contributed by atoms with Crippen LogP contribution in [0.2, 0.25) is 0 Å². The van der Waals surface area contributed by atoms with E-state index in [4.69, 9.17) is 4.65 Å². The van der Waals surface area contributed by atoms with E-state index in [1.54, 1.807) is 0 Å². The molecule has 1 aliphatic heterocycles. The molecule has 2 aromatic carbocycles. The molecule has 5 heteroatoms. The number of fused-ring (bicyclic) bond motifs is 1. The first-order chi connectivity index (χ1) is 10.1. The molecule has 4 nitrogen and oxygen atoms in total. The van der Waals surface area contributed by atoms with Crippen LogP contribution in [0.25, 0.3) is 0 Å². The molecule has 3 rings (SSSR count). The van der Waals surface area contributed by atoms with Crippen molar-refractivity contribution in [2.24, 2.45) is 0 Å². The Morgan fingerprint density at radius 3 is 2.67 bits per heavy atom. The number of benzene rings is 2. The Hall–Kier alpha value is -1.98. The van der Waals surface area contributed by atoms with Crippen molar-refractivity contribution in [3.05, 3.63) is 53.6 Å². The predicted molar refractivity (Wildman–Crippen MR) is 86.9 cm³/mol. The van der Waals surface area contributed by atoms with Crippen molar-refractivity contribution < 1.29 is 9.68 Å². The molecule has 0 amide bonds. The SMILES string of the molecule is CN(C)c1ccc(CNc2ccc3c(c2)B(O)OC3)cc1. The van der Waals surface area contributed by atoms with Crippen LogP contribution in [0.5, 0.6) is 0 Å². The van der Waals surface area contributed by atoms with Gasteiger partial charge in [0.2, 0.25) is 0 Å². The van der Waals surface area contributed by atoms with Crippen LogP contribution in [-0.2, 0) is 17.8 Å². The molecule has 0 radical (unpaired) electrons. The quantitative estimate of drug-likeness (QED) is 0.836. The molecule has 0 fully saturated rings. The molecule has 2 aromatic rings. The second-order valence-corrected chi connectivity index (χ2v) is 5.49. The molecular weight excluding hydrogens is 263 g/mol. The fourth-order valence-electron chi connectivity index (χ4n) is 2.44. The lowest BCUT2D eigenvalue weighted by Crippen LogP contribution is -2.28. The Labute approximate surface area is 125 Å². The highest BCUT2D eigenvalue weighted by atomic mass is 16.5. The summed E-state index contributed by atoms with van der Waals surface area (Å²) in [5.74, 6) is 0. The summed E-state index contributed by atoms with van der Waals surface area (Å²) >= 11 is 0. The van der Waals surface area contributed by atoms with Crippen molar-refractivity contribution >= 4 is 24.0 Å². The zero-order chi connectivity index (χ0) is 14.8. The van der Waals surface area contributed by atoms with Crippen LogP contribution in [0.3, 0.4) is 0 Å². The first-order valence-corrected chi connectivity index (χ1v) is 7.06. The van der Waals surface area contributed by atoms with Crippen LogP contribution in [-0.4, -0.2) is 26.2 Å². The molecule has 0 bridgehead atoms. The van der Waals surface area contributed by atoms with Crippen LogP contribution in [0.4, 0.5) is 11.4 Å². The standard InChI is InChI=1S/C16H19BN2O2/c1-19(2)15-7-3-12(4-8-15)10-18-14-6-5-13-11-21-17(20)16(13)9-14/h3-9,18,20H,10-11H2,1-2H3. The zero-order valence-corrected chi connectivity index (χ0v) is 12.3. The number of nitrogens with one attached hydrogen (secondary N) is 1. The Kier molecular flexibility index (Phi) is 3.86. The summed E-state index contributed by atoms with van der Waals surface area (Å²) in [5, 5.41) is 13.1. The fraction of sp³-hybridized carbons (Fsp3) is 0.250. The van der Waals surface area contributed by atoms with Crippen molar-refractivity contribution in [1.82, 2.24) is 0 Å². The van der Waals surface area contributed by atoms with Crippen molar-refractivity contribution in [2.75, 3.05) is 24.3 Å². The van der Waals surface area contributed by atoms with Gasteiger partial charge in [-0.15, -0.1) is 0 Å². The van der Waals surface area contributed by atoms with E-state index in [1.807, 2.05) is 32.3 Å². The summed E-state index contributed by atoms with van der Waals surface area (Å²) in [5.41, 5.74) is 5.33. The largest absolute Gasteiger partial charge is 0.491 e. The summed E-state index contributed by atoms with van der Waals surface area (Å²) in [7, 11) is 3.28. The van der Waals surface area contributed by atoms with Crippen LogP contribution in [0, 0.1) is 0 Å². The monoisotopic (exact) mass is 282 g/mol. The van der Waals surface area contributed by atoms with E-state index in [0.29, 0.717) is 6.61 Å². The molecule has 0 atom stereocenters. The summed E-state index contributed by atoms with van der Waals surface area (Å²) in [6.45, 7) is 1.24. The first kappa shape index (κ1) is 14.0. The number of anilines is 2. The van der Waals surface area contributed by atoms with Crippen molar-refractivity contribution in [1.29, 1.82) is 0 Å². The molecular formula is C16H19BN2O2. The lowest BCUT2D eigenvalue weighted by atomic mass is 9.79. The van der Waals surface area contributed by atoms with E-state index < -0.39 is 7.12 Å². The van der Waals surface area contributed by atoms with E-state index in [0.717, 1.165) is 23.3 Å². The maximum atomic E-state index is 9.72. The molecule has 0 saturated heterocycles. The number of hydrogen-bond acceptors (Lipinski definition) is 4. The fourth-order valence-corrected chi connectivity index (χ4v) is 2.44. The van der Waals surface area contributed by atoms with Crippen molar-refractivity contribution in [3.8, 4) is 0 Å². The van der Waals surface area contributed by atoms with Crippen LogP contribution in [0.1, 0.15) is 11.1 Å². The summed E-state index contributed by atoms with van der Waals surface area (Å²) < 4.78 is 5.20. The van der Waals surface area contributed by atoms with Gasteiger partial charge in [0.25, 0.3) is 0 Å². The van der Waals surface area contributed by atoms with E-state index in [9.17, 15) is 5.02 Å². The van der Waals surface area contributed by atoms with Gasteiger partial charge < -0.3 is 19.9 Å². The molecule has 0 unspecified atom stereocenters. The van der Waals surface area contributed by atoms with Gasteiger partial charge in [-0.2, -0.15) is 0 Å². The Morgan fingerprint density at radius 1 is 1.19 bits per heavy atom. The maximum Gasteiger partial charge on any atom is 0.491 e. The van der Waals surface area contributed by atoms with Gasteiger partial charge in [0.05, 0.1) is 6.61 Å². The van der Waals surface area contributed by atoms with E-state index in [2.05, 4.69) is 34.5 Å². The highest BCUT2D eigenvalue weighted by Gasteiger charge is 2.27. The maximum absolute atomic E-state index is 9.72. The van der Waals surface area contributed by atoms with E-state index in [1.165, 1.54) is 11.3 Å². The summed E-state index contributed by atoms with van der Waals surface area (Å²) in [6.07, 6.45) is 0. The first-order valence-electron chi connectivity index (χ1n) is 7.06. The smallest absolute Gasteiger partial charge is 0.423 e. The molecule has 0 aliphatic carbocycles. The summed E-state index contributed by atoms with van der Waals surface area (Å²) in [6, 6.07) is 14.4. The third-order valence-electron chi connectivity index (χ3n) is 3.76. The molecule has 0 spiro atoms. The minimum Gasteiger partial charge on any atom is -0.423 e. The Bertz CT molecular complexity index is 629. The van der Waals surface area contributed by atoms with Gasteiger partial charge in [-0.05, 0) is 40.9 Å². The molecule has 108 valence electrons. The van der Waals surface area contributed by atoms with Crippen molar-refractivity contribution in [3.63, 3.8) is 0 Å². The number of hydrogen-bond donors (Lipinski definition) is 2. The highest BCUT2D eigenvalue weighted by molar-refractivity contribution is 6.61. The van der Waals surface area contributed by atoms with Gasteiger partial charge >= 0.3 is 7.12 Å². The van der Waals surface area contributed by atoms with E-state index in [-0.39, 0.29) is 0 Å².